The molecular formula is C45H43N7O4S. The highest BCUT2D eigenvalue weighted by Gasteiger charge is 2.42. The quantitative estimate of drug-likeness (QED) is 0.189. The summed E-state index contributed by atoms with van der Waals surface area (Å²) in [6, 6.07) is 29.9. The molecule has 2 fully saturated rings. The SMILES string of the molecule is Cc1ccc(-c2nc(C)c(C(=O)N3CC[C@@H](C(=O)N4CCC(O)(Cn5cnc6c(ccn6-c6ccc7ccccc7c6)c5=O)CC4)[C@H](c4ccccc4)C3)s2)cn1. The smallest absolute Gasteiger partial charge is 0.265 e. The Labute approximate surface area is 333 Å². The van der Waals surface area contributed by atoms with Gasteiger partial charge >= 0.3 is 0 Å². The van der Waals surface area contributed by atoms with Gasteiger partial charge in [0.1, 0.15) is 16.2 Å². The Morgan fingerprint density at radius 1 is 0.877 bits per heavy atom. The van der Waals surface area contributed by atoms with Crippen LogP contribution in [0.3, 0.4) is 0 Å². The van der Waals surface area contributed by atoms with Crippen LogP contribution in [0.4, 0.5) is 0 Å². The number of piperidine rings is 2. The Balaban J connectivity index is 0.881. The maximum absolute atomic E-state index is 14.3. The van der Waals surface area contributed by atoms with E-state index in [2.05, 4.69) is 34.2 Å². The zero-order valence-electron chi connectivity index (χ0n) is 31.9. The van der Waals surface area contributed by atoms with Crippen molar-refractivity contribution in [3.63, 3.8) is 0 Å². The predicted octanol–water partition coefficient (Wildman–Crippen LogP) is 6.78. The molecule has 2 amide bonds. The largest absolute Gasteiger partial charge is 0.388 e. The monoisotopic (exact) mass is 777 g/mol. The molecule has 2 aliphatic rings. The molecule has 9 rings (SSSR count). The van der Waals surface area contributed by atoms with Gasteiger partial charge in [-0.3, -0.25) is 23.9 Å². The number of pyridine rings is 1. The summed E-state index contributed by atoms with van der Waals surface area (Å²) in [5.74, 6) is -0.541. The predicted molar refractivity (Wildman–Crippen MR) is 222 cm³/mol. The van der Waals surface area contributed by atoms with E-state index in [9.17, 15) is 19.5 Å². The average Bonchev–Trinajstić information content (AvgIpc) is 3.86. The average molecular weight is 778 g/mol. The second-order valence-corrected chi connectivity index (χ2v) is 16.5. The third-order valence-electron chi connectivity index (χ3n) is 11.7. The summed E-state index contributed by atoms with van der Waals surface area (Å²) < 4.78 is 3.41. The van der Waals surface area contributed by atoms with E-state index in [-0.39, 0.29) is 35.8 Å². The van der Waals surface area contributed by atoms with Crippen LogP contribution in [0, 0.1) is 19.8 Å². The fraction of sp³-hybridized carbons (Fsp3) is 0.289. The van der Waals surface area contributed by atoms with Crippen molar-refractivity contribution in [3.8, 4) is 16.3 Å². The number of rotatable bonds is 7. The molecule has 288 valence electrons. The van der Waals surface area contributed by atoms with Gasteiger partial charge in [-0.05, 0) is 79.8 Å². The first-order chi connectivity index (χ1) is 27.6. The van der Waals surface area contributed by atoms with Crippen molar-refractivity contribution in [2.75, 3.05) is 26.2 Å². The molecule has 0 bridgehead atoms. The lowest BCUT2D eigenvalue weighted by molar-refractivity contribution is -0.142. The Hall–Kier alpha value is -5.98. The van der Waals surface area contributed by atoms with Crippen molar-refractivity contribution in [1.82, 2.24) is 33.9 Å². The summed E-state index contributed by atoms with van der Waals surface area (Å²) in [6.07, 6.45) is 6.35. The van der Waals surface area contributed by atoms with Gasteiger partial charge in [0.15, 0.2) is 5.65 Å². The standard InChI is InChI=1S/C45H43N7O4S/c1-29-12-13-34(25-46-29)41-48-30(2)39(57-41)44(55)50-20-16-36(38(26-50)32-9-4-3-5-10-32)42(53)49-22-18-45(56,19-23-49)27-51-28-47-40-37(43(51)54)17-21-52(40)35-15-14-31-8-6-7-11-33(31)24-35/h3-15,17,21,24-25,28,36,38,56H,16,18-20,22-23,26-27H2,1-2H3/t36-,38+/m1/s1. The zero-order valence-corrected chi connectivity index (χ0v) is 32.7. The van der Waals surface area contributed by atoms with Gasteiger partial charge in [0.05, 0.1) is 23.2 Å². The van der Waals surface area contributed by atoms with Gasteiger partial charge in [-0.15, -0.1) is 11.3 Å². The normalized spacial score (nSPS) is 18.3. The number of carbonyl (C=O) groups is 2. The number of likely N-dealkylation sites (tertiary alicyclic amines) is 2. The molecule has 2 atom stereocenters. The molecule has 2 aliphatic heterocycles. The van der Waals surface area contributed by atoms with E-state index >= 15 is 0 Å². The van der Waals surface area contributed by atoms with Crippen LogP contribution < -0.4 is 5.56 Å². The number of hydrogen-bond donors (Lipinski definition) is 1. The molecule has 6 heterocycles. The lowest BCUT2D eigenvalue weighted by Gasteiger charge is -2.43. The van der Waals surface area contributed by atoms with Gasteiger partial charge in [0, 0.05) is 67.4 Å². The number of hydrogen-bond acceptors (Lipinski definition) is 8. The molecule has 4 aromatic heterocycles. The maximum Gasteiger partial charge on any atom is 0.265 e. The highest BCUT2D eigenvalue weighted by atomic mass is 32.1. The minimum Gasteiger partial charge on any atom is -0.388 e. The van der Waals surface area contributed by atoms with Gasteiger partial charge in [0.25, 0.3) is 11.5 Å². The number of aromatic nitrogens is 5. The third kappa shape index (κ3) is 7.04. The first-order valence-corrected chi connectivity index (χ1v) is 20.3. The van der Waals surface area contributed by atoms with E-state index in [0.29, 0.717) is 67.0 Å². The number of benzene rings is 3. The Bertz CT molecular complexity index is 2680. The molecule has 7 aromatic rings. The number of thiazole rings is 1. The summed E-state index contributed by atoms with van der Waals surface area (Å²) in [7, 11) is 0. The van der Waals surface area contributed by atoms with E-state index in [4.69, 9.17) is 4.98 Å². The van der Waals surface area contributed by atoms with E-state index in [1.807, 2.05) is 95.1 Å². The summed E-state index contributed by atoms with van der Waals surface area (Å²) in [5.41, 5.74) is 3.59. The van der Waals surface area contributed by atoms with E-state index in [1.54, 1.807) is 12.3 Å². The number of fused-ring (bicyclic) bond motifs is 2. The van der Waals surface area contributed by atoms with Crippen LogP contribution in [0.1, 0.15) is 51.8 Å². The highest BCUT2D eigenvalue weighted by molar-refractivity contribution is 7.17. The first-order valence-electron chi connectivity index (χ1n) is 19.5. The number of nitrogens with zero attached hydrogens (tertiary/aromatic N) is 7. The molecule has 0 radical (unpaired) electrons. The molecule has 1 N–H and O–H groups in total. The molecule has 57 heavy (non-hydrogen) atoms. The van der Waals surface area contributed by atoms with E-state index < -0.39 is 5.60 Å². The topological polar surface area (TPSA) is 126 Å². The van der Waals surface area contributed by atoms with Gasteiger partial charge in [-0.1, -0.05) is 60.7 Å². The Kier molecular flexibility index (Phi) is 9.54. The maximum atomic E-state index is 14.3. The second-order valence-electron chi connectivity index (χ2n) is 15.5. The molecule has 0 unspecified atom stereocenters. The van der Waals surface area contributed by atoms with Crippen LogP contribution in [-0.2, 0) is 11.3 Å². The van der Waals surface area contributed by atoms with Crippen LogP contribution in [0.5, 0.6) is 0 Å². The number of aliphatic hydroxyl groups is 1. The summed E-state index contributed by atoms with van der Waals surface area (Å²) in [4.78, 5) is 60.2. The minimum absolute atomic E-state index is 0.0383. The lowest BCUT2D eigenvalue weighted by Crippen LogP contribution is -2.53. The van der Waals surface area contributed by atoms with Crippen molar-refractivity contribution in [1.29, 1.82) is 0 Å². The van der Waals surface area contributed by atoms with Gasteiger partial charge in [0.2, 0.25) is 5.91 Å². The number of carbonyl (C=O) groups excluding carboxylic acids is 2. The third-order valence-corrected chi connectivity index (χ3v) is 12.9. The van der Waals surface area contributed by atoms with Gasteiger partial charge in [-0.2, -0.15) is 0 Å². The van der Waals surface area contributed by atoms with Crippen molar-refractivity contribution < 1.29 is 14.7 Å². The molecule has 12 heteroatoms. The van der Waals surface area contributed by atoms with Crippen LogP contribution in [0.25, 0.3) is 38.1 Å². The van der Waals surface area contributed by atoms with Crippen LogP contribution in [0.2, 0.25) is 0 Å². The van der Waals surface area contributed by atoms with Gasteiger partial charge < -0.3 is 19.5 Å². The van der Waals surface area contributed by atoms with Crippen LogP contribution >= 0.6 is 11.3 Å². The van der Waals surface area contributed by atoms with Crippen molar-refractivity contribution in [2.45, 2.75) is 51.2 Å². The second kappa shape index (κ2) is 14.8. The van der Waals surface area contributed by atoms with Crippen molar-refractivity contribution in [3.05, 3.63) is 142 Å². The van der Waals surface area contributed by atoms with Gasteiger partial charge in [-0.25, -0.2) is 9.97 Å². The van der Waals surface area contributed by atoms with Crippen LogP contribution in [-0.4, -0.2) is 82.6 Å². The van der Waals surface area contributed by atoms with Crippen molar-refractivity contribution >= 4 is 45.0 Å². The summed E-state index contributed by atoms with van der Waals surface area (Å²) >= 11 is 1.38. The fourth-order valence-corrected chi connectivity index (χ4v) is 9.51. The molecule has 2 saturated heterocycles. The zero-order chi connectivity index (χ0) is 39.3. The summed E-state index contributed by atoms with van der Waals surface area (Å²) in [5, 5.41) is 15.2. The molecule has 0 aliphatic carbocycles. The Morgan fingerprint density at radius 2 is 1.65 bits per heavy atom. The van der Waals surface area contributed by atoms with Crippen molar-refractivity contribution in [2.24, 2.45) is 5.92 Å². The fourth-order valence-electron chi connectivity index (χ4n) is 8.48. The highest BCUT2D eigenvalue weighted by Crippen LogP contribution is 2.37. The summed E-state index contributed by atoms with van der Waals surface area (Å²) in [6.45, 7) is 5.50. The molecule has 0 saturated carbocycles. The van der Waals surface area contributed by atoms with E-state index in [1.165, 1.54) is 22.2 Å². The molecule has 11 nitrogen and oxygen atoms in total. The minimum atomic E-state index is -1.18. The van der Waals surface area contributed by atoms with Crippen LogP contribution in [0.15, 0.2) is 115 Å². The molecule has 0 spiro atoms. The lowest BCUT2D eigenvalue weighted by atomic mass is 9.79. The number of aryl methyl sites for hydroxylation is 2. The first kappa shape index (κ1) is 36.6. The molecule has 3 aromatic carbocycles. The molecular weight excluding hydrogens is 735 g/mol. The van der Waals surface area contributed by atoms with E-state index in [0.717, 1.165) is 38.3 Å². The Morgan fingerprint density at radius 3 is 2.42 bits per heavy atom. The number of amides is 2.